The molecule has 0 saturated carbocycles. The molecule has 2 N–H and O–H groups in total. The summed E-state index contributed by atoms with van der Waals surface area (Å²) in [5, 5.41) is 2.89. The molecular weight excluding hydrogens is 374 g/mol. The van der Waals surface area contributed by atoms with E-state index in [1.54, 1.807) is 19.9 Å². The number of benzene rings is 2. The van der Waals surface area contributed by atoms with Crippen molar-refractivity contribution < 1.29 is 13.2 Å². The van der Waals surface area contributed by atoms with Gasteiger partial charge in [-0.1, -0.05) is 18.2 Å². The second-order valence-electron chi connectivity index (χ2n) is 6.65. The summed E-state index contributed by atoms with van der Waals surface area (Å²) in [6.45, 7) is 7.88. The highest BCUT2D eigenvalue weighted by Gasteiger charge is 2.19. The monoisotopic (exact) mass is 403 g/mol. The maximum Gasteiger partial charge on any atom is 0.251 e. The zero-order valence-corrected chi connectivity index (χ0v) is 17.8. The van der Waals surface area contributed by atoms with Crippen molar-refractivity contribution in [1.82, 2.24) is 10.0 Å². The van der Waals surface area contributed by atoms with Crippen LogP contribution in [0.4, 0.5) is 5.69 Å². The zero-order valence-electron chi connectivity index (χ0n) is 17.0. The summed E-state index contributed by atoms with van der Waals surface area (Å²) in [6, 6.07) is 13.3. The molecule has 7 heteroatoms. The lowest BCUT2D eigenvalue weighted by Crippen LogP contribution is -2.30. The Morgan fingerprint density at radius 1 is 1.11 bits per heavy atom. The molecular formula is C21H29N3O3S. The first-order valence-electron chi connectivity index (χ1n) is 9.43. The van der Waals surface area contributed by atoms with Gasteiger partial charge < -0.3 is 10.2 Å². The van der Waals surface area contributed by atoms with Crippen molar-refractivity contribution in [2.45, 2.75) is 32.1 Å². The van der Waals surface area contributed by atoms with Gasteiger partial charge in [0.2, 0.25) is 10.0 Å². The Balaban J connectivity index is 2.00. The van der Waals surface area contributed by atoms with E-state index < -0.39 is 10.0 Å². The Hall–Kier alpha value is -2.38. The van der Waals surface area contributed by atoms with E-state index in [0.29, 0.717) is 17.7 Å². The van der Waals surface area contributed by atoms with Crippen molar-refractivity contribution >= 4 is 21.6 Å². The molecule has 0 aliphatic rings. The summed E-state index contributed by atoms with van der Waals surface area (Å²) in [5.41, 5.74) is 2.93. The first-order chi connectivity index (χ1) is 13.3. The van der Waals surface area contributed by atoms with Crippen LogP contribution in [-0.4, -0.2) is 41.0 Å². The molecule has 2 aromatic rings. The molecule has 0 aromatic heterocycles. The van der Waals surface area contributed by atoms with E-state index in [0.717, 1.165) is 30.8 Å². The first kappa shape index (κ1) is 21.9. The van der Waals surface area contributed by atoms with Crippen LogP contribution in [0.5, 0.6) is 0 Å². The Morgan fingerprint density at radius 2 is 1.79 bits per heavy atom. The van der Waals surface area contributed by atoms with E-state index >= 15 is 0 Å². The van der Waals surface area contributed by atoms with Crippen LogP contribution in [0.2, 0.25) is 0 Å². The van der Waals surface area contributed by atoms with Gasteiger partial charge in [0.15, 0.2) is 0 Å². The molecule has 0 unspecified atom stereocenters. The van der Waals surface area contributed by atoms with E-state index in [9.17, 15) is 13.2 Å². The molecule has 0 spiro atoms. The second kappa shape index (κ2) is 9.71. The Morgan fingerprint density at radius 3 is 2.39 bits per heavy atom. The van der Waals surface area contributed by atoms with Crippen molar-refractivity contribution in [2.24, 2.45) is 0 Å². The number of hydrogen-bond donors (Lipinski definition) is 2. The van der Waals surface area contributed by atoms with Crippen molar-refractivity contribution in [2.75, 3.05) is 31.6 Å². The molecule has 2 rings (SSSR count). The normalized spacial score (nSPS) is 11.3. The van der Waals surface area contributed by atoms with Crippen LogP contribution >= 0.6 is 0 Å². The molecule has 0 atom stereocenters. The molecule has 0 aliphatic carbocycles. The predicted octanol–water partition coefficient (Wildman–Crippen LogP) is 2.86. The van der Waals surface area contributed by atoms with Gasteiger partial charge in [0.05, 0.1) is 4.90 Å². The minimum atomic E-state index is -3.61. The van der Waals surface area contributed by atoms with Crippen LogP contribution in [0.25, 0.3) is 0 Å². The fourth-order valence-electron chi connectivity index (χ4n) is 3.03. The number of carbonyl (C=O) groups is 1. The lowest BCUT2D eigenvalue weighted by Gasteiger charge is -2.23. The lowest BCUT2D eigenvalue weighted by molar-refractivity contribution is 0.0953. The topological polar surface area (TPSA) is 78.5 Å². The van der Waals surface area contributed by atoms with Crippen LogP contribution in [0.1, 0.15) is 34.8 Å². The van der Waals surface area contributed by atoms with Crippen molar-refractivity contribution in [3.05, 3.63) is 59.2 Å². The average Bonchev–Trinajstić information content (AvgIpc) is 2.70. The van der Waals surface area contributed by atoms with Gasteiger partial charge in [0, 0.05) is 30.9 Å². The molecule has 28 heavy (non-hydrogen) atoms. The highest BCUT2D eigenvalue weighted by Crippen LogP contribution is 2.21. The molecule has 6 nitrogen and oxygen atoms in total. The van der Waals surface area contributed by atoms with Gasteiger partial charge in [-0.2, -0.15) is 0 Å². The molecule has 1 amide bonds. The molecule has 0 radical (unpaired) electrons. The van der Waals surface area contributed by atoms with Gasteiger partial charge in [-0.15, -0.1) is 0 Å². The zero-order chi connectivity index (χ0) is 20.7. The predicted molar refractivity (Wildman–Crippen MR) is 113 cm³/mol. The summed E-state index contributed by atoms with van der Waals surface area (Å²) < 4.78 is 26.7. The van der Waals surface area contributed by atoms with Gasteiger partial charge in [-0.3, -0.25) is 4.79 Å². The van der Waals surface area contributed by atoms with Gasteiger partial charge in [0.25, 0.3) is 5.91 Å². The maximum absolute atomic E-state index is 12.5. The average molecular weight is 404 g/mol. The Kier molecular flexibility index (Phi) is 7.60. The maximum atomic E-state index is 12.5. The molecule has 0 saturated heterocycles. The number of sulfonamides is 1. The molecule has 152 valence electrons. The molecule has 0 bridgehead atoms. The van der Waals surface area contributed by atoms with Crippen molar-refractivity contribution in [3.8, 4) is 0 Å². The van der Waals surface area contributed by atoms with Crippen LogP contribution < -0.4 is 14.9 Å². The van der Waals surface area contributed by atoms with Crippen LogP contribution in [0, 0.1) is 13.8 Å². The van der Waals surface area contributed by atoms with Crippen LogP contribution in [0.3, 0.4) is 0 Å². The smallest absolute Gasteiger partial charge is 0.251 e. The summed E-state index contributed by atoms with van der Waals surface area (Å²) in [7, 11) is -2.25. The Labute approximate surface area is 168 Å². The molecule has 2 aromatic carbocycles. The molecule has 0 heterocycles. The summed E-state index contributed by atoms with van der Waals surface area (Å²) in [5.74, 6) is -0.265. The minimum Gasteiger partial charge on any atom is -0.372 e. The van der Waals surface area contributed by atoms with E-state index in [-0.39, 0.29) is 10.8 Å². The quantitative estimate of drug-likeness (QED) is 0.631. The van der Waals surface area contributed by atoms with Gasteiger partial charge in [-0.25, -0.2) is 13.1 Å². The minimum absolute atomic E-state index is 0.140. The summed E-state index contributed by atoms with van der Waals surface area (Å²) in [4.78, 5) is 14.9. The number of carbonyl (C=O) groups excluding carboxylic acids is 1. The SMILES string of the molecule is CCN(CCCNC(=O)c1cc(C)c(C)c(S(=O)(=O)NC)c1)c1ccccc1. The number of nitrogens with zero attached hydrogens (tertiary/aromatic N) is 1. The number of amides is 1. The fraction of sp³-hybridized carbons (Fsp3) is 0.381. The first-order valence-corrected chi connectivity index (χ1v) is 10.9. The standard InChI is InChI=1S/C21H29N3O3S/c1-5-24(19-10-7-6-8-11-19)13-9-12-23-21(25)18-14-16(2)17(3)20(15-18)28(26,27)22-4/h6-8,10-11,14-15,22H,5,9,12-13H2,1-4H3,(H,23,25). The van der Waals surface area contributed by atoms with Gasteiger partial charge in [-0.05, 0) is 69.6 Å². The van der Waals surface area contributed by atoms with E-state index in [1.165, 1.54) is 13.1 Å². The van der Waals surface area contributed by atoms with Gasteiger partial charge in [0.1, 0.15) is 0 Å². The molecule has 0 fully saturated rings. The van der Waals surface area contributed by atoms with E-state index in [2.05, 4.69) is 34.0 Å². The molecule has 0 aliphatic heterocycles. The summed E-state index contributed by atoms with van der Waals surface area (Å²) in [6.07, 6.45) is 0.793. The van der Waals surface area contributed by atoms with Crippen molar-refractivity contribution in [1.29, 1.82) is 0 Å². The number of aryl methyl sites for hydroxylation is 1. The second-order valence-corrected chi connectivity index (χ2v) is 8.50. The van der Waals surface area contributed by atoms with Crippen LogP contribution in [0.15, 0.2) is 47.4 Å². The number of anilines is 1. The Bertz CT molecular complexity index is 912. The lowest BCUT2D eigenvalue weighted by atomic mass is 10.1. The third-order valence-electron chi connectivity index (χ3n) is 4.83. The largest absolute Gasteiger partial charge is 0.372 e. The highest BCUT2D eigenvalue weighted by molar-refractivity contribution is 7.89. The number of hydrogen-bond acceptors (Lipinski definition) is 4. The van der Waals surface area contributed by atoms with E-state index in [1.807, 2.05) is 18.2 Å². The number of nitrogens with one attached hydrogen (secondary N) is 2. The fourth-order valence-corrected chi connectivity index (χ4v) is 4.10. The van der Waals surface area contributed by atoms with Gasteiger partial charge >= 0.3 is 0 Å². The van der Waals surface area contributed by atoms with Crippen LogP contribution in [-0.2, 0) is 10.0 Å². The third-order valence-corrected chi connectivity index (χ3v) is 6.37. The number of rotatable bonds is 9. The highest BCUT2D eigenvalue weighted by atomic mass is 32.2. The van der Waals surface area contributed by atoms with Crippen molar-refractivity contribution in [3.63, 3.8) is 0 Å². The van der Waals surface area contributed by atoms with E-state index in [4.69, 9.17) is 0 Å². The summed E-state index contributed by atoms with van der Waals surface area (Å²) >= 11 is 0. The third kappa shape index (κ3) is 5.33. The number of para-hydroxylation sites is 1.